The lowest BCUT2D eigenvalue weighted by Crippen LogP contribution is -2.44. The number of hydrogen-bond donors (Lipinski definition) is 1. The summed E-state index contributed by atoms with van der Waals surface area (Å²) in [5.74, 6) is 0.0370. The molecule has 0 atom stereocenters. The highest BCUT2D eigenvalue weighted by Crippen LogP contribution is 2.26. The molecule has 0 saturated heterocycles. The van der Waals surface area contributed by atoms with E-state index in [4.69, 9.17) is 11.6 Å². The van der Waals surface area contributed by atoms with Gasteiger partial charge in [0.15, 0.2) is 5.78 Å². The largest absolute Gasteiger partial charge is 0.308 e. The standard InChI is InChI=1S/C9H12ClNOS/c1-9(2,11-3)8(12)7-6(10)4-5-13-7/h4-5,11H,1-3H3. The molecule has 0 saturated carbocycles. The van der Waals surface area contributed by atoms with Crippen molar-refractivity contribution in [2.24, 2.45) is 0 Å². The molecule has 1 aromatic heterocycles. The van der Waals surface area contributed by atoms with Crippen LogP contribution < -0.4 is 5.32 Å². The van der Waals surface area contributed by atoms with Crippen molar-refractivity contribution in [3.63, 3.8) is 0 Å². The molecule has 1 heterocycles. The highest BCUT2D eigenvalue weighted by molar-refractivity contribution is 7.12. The van der Waals surface area contributed by atoms with Gasteiger partial charge in [-0.15, -0.1) is 11.3 Å². The molecule has 1 aromatic rings. The molecule has 4 heteroatoms. The first-order valence-electron chi connectivity index (χ1n) is 3.95. The summed E-state index contributed by atoms with van der Waals surface area (Å²) < 4.78 is 0. The van der Waals surface area contributed by atoms with Crippen LogP contribution in [0, 0.1) is 0 Å². The molecule has 0 radical (unpaired) electrons. The van der Waals surface area contributed by atoms with Gasteiger partial charge in [0.2, 0.25) is 0 Å². The average Bonchev–Trinajstić information content (AvgIpc) is 2.50. The van der Waals surface area contributed by atoms with E-state index in [2.05, 4.69) is 5.32 Å². The smallest absolute Gasteiger partial charge is 0.193 e. The molecule has 0 aliphatic rings. The van der Waals surface area contributed by atoms with Crippen LogP contribution in [0.1, 0.15) is 23.5 Å². The van der Waals surface area contributed by atoms with Crippen LogP contribution in [0.25, 0.3) is 0 Å². The van der Waals surface area contributed by atoms with E-state index in [0.717, 1.165) is 0 Å². The van der Waals surface area contributed by atoms with Gasteiger partial charge in [-0.2, -0.15) is 0 Å². The van der Waals surface area contributed by atoms with Gasteiger partial charge in [-0.25, -0.2) is 0 Å². The highest BCUT2D eigenvalue weighted by Gasteiger charge is 2.28. The number of likely N-dealkylation sites (N-methyl/N-ethyl adjacent to an activating group) is 1. The van der Waals surface area contributed by atoms with Crippen LogP contribution in [0.2, 0.25) is 5.02 Å². The number of hydrogen-bond acceptors (Lipinski definition) is 3. The van der Waals surface area contributed by atoms with Crippen molar-refractivity contribution in [1.82, 2.24) is 5.32 Å². The molecule has 0 bridgehead atoms. The van der Waals surface area contributed by atoms with Crippen molar-refractivity contribution in [2.45, 2.75) is 19.4 Å². The summed E-state index contributed by atoms with van der Waals surface area (Å²) in [7, 11) is 1.76. The van der Waals surface area contributed by atoms with Crippen LogP contribution in [0.15, 0.2) is 11.4 Å². The van der Waals surface area contributed by atoms with Gasteiger partial charge < -0.3 is 5.32 Å². The van der Waals surface area contributed by atoms with Crippen molar-refractivity contribution >= 4 is 28.7 Å². The fraction of sp³-hybridized carbons (Fsp3) is 0.444. The summed E-state index contributed by atoms with van der Waals surface area (Å²) in [6.07, 6.45) is 0. The first kappa shape index (κ1) is 10.7. The minimum atomic E-state index is -0.547. The van der Waals surface area contributed by atoms with Gasteiger partial charge in [0, 0.05) is 0 Å². The zero-order valence-electron chi connectivity index (χ0n) is 7.85. The van der Waals surface area contributed by atoms with Crippen LogP contribution in [0.4, 0.5) is 0 Å². The number of halogens is 1. The number of Topliss-reactive ketones (excluding diaryl/α,β-unsaturated/α-hetero) is 1. The number of carbonyl (C=O) groups is 1. The maximum absolute atomic E-state index is 11.8. The predicted octanol–water partition coefficient (Wildman–Crippen LogP) is 2.58. The lowest BCUT2D eigenvalue weighted by atomic mass is 9.98. The molecule has 0 spiro atoms. The van der Waals surface area contributed by atoms with Crippen LogP contribution in [-0.2, 0) is 0 Å². The zero-order chi connectivity index (χ0) is 10.1. The summed E-state index contributed by atoms with van der Waals surface area (Å²) in [4.78, 5) is 12.5. The van der Waals surface area contributed by atoms with Crippen molar-refractivity contribution < 1.29 is 4.79 Å². The van der Waals surface area contributed by atoms with E-state index < -0.39 is 5.54 Å². The molecule has 13 heavy (non-hydrogen) atoms. The van der Waals surface area contributed by atoms with Crippen LogP contribution in [0.3, 0.4) is 0 Å². The second kappa shape index (κ2) is 3.78. The lowest BCUT2D eigenvalue weighted by molar-refractivity contribution is 0.0894. The van der Waals surface area contributed by atoms with Crippen LogP contribution in [-0.4, -0.2) is 18.4 Å². The Morgan fingerprint density at radius 2 is 2.23 bits per heavy atom. The summed E-state index contributed by atoms with van der Waals surface area (Å²) in [6.45, 7) is 3.68. The molecule has 72 valence electrons. The van der Waals surface area contributed by atoms with E-state index in [9.17, 15) is 4.79 Å². The summed E-state index contributed by atoms with van der Waals surface area (Å²) >= 11 is 7.24. The molecule has 2 nitrogen and oxygen atoms in total. The Labute approximate surface area is 86.9 Å². The van der Waals surface area contributed by atoms with Crippen molar-refractivity contribution in [3.8, 4) is 0 Å². The predicted molar refractivity (Wildman–Crippen MR) is 56.8 cm³/mol. The van der Waals surface area contributed by atoms with Gasteiger partial charge in [-0.3, -0.25) is 4.79 Å². The Morgan fingerprint density at radius 3 is 2.62 bits per heavy atom. The third-order valence-electron chi connectivity index (χ3n) is 2.02. The summed E-state index contributed by atoms with van der Waals surface area (Å²) in [6, 6.07) is 1.74. The molecule has 0 fully saturated rings. The van der Waals surface area contributed by atoms with Gasteiger partial charge in [0.05, 0.1) is 15.4 Å². The maximum atomic E-state index is 11.8. The number of carbonyl (C=O) groups excluding carboxylic acids is 1. The Kier molecular flexibility index (Phi) is 3.11. The third kappa shape index (κ3) is 2.10. The quantitative estimate of drug-likeness (QED) is 0.789. The second-order valence-electron chi connectivity index (χ2n) is 3.30. The summed E-state index contributed by atoms with van der Waals surface area (Å²) in [5, 5.41) is 5.32. The van der Waals surface area contributed by atoms with Gasteiger partial charge in [-0.1, -0.05) is 11.6 Å². The van der Waals surface area contributed by atoms with Crippen molar-refractivity contribution in [3.05, 3.63) is 21.3 Å². The van der Waals surface area contributed by atoms with E-state index in [1.807, 2.05) is 19.2 Å². The van der Waals surface area contributed by atoms with Crippen LogP contribution >= 0.6 is 22.9 Å². The van der Waals surface area contributed by atoms with Gasteiger partial charge in [0.1, 0.15) is 0 Å². The Hall–Kier alpha value is -0.380. The van der Waals surface area contributed by atoms with E-state index >= 15 is 0 Å². The number of rotatable bonds is 3. The molecule has 0 unspecified atom stereocenters. The fourth-order valence-corrected chi connectivity index (χ4v) is 2.09. The maximum Gasteiger partial charge on any atom is 0.193 e. The monoisotopic (exact) mass is 217 g/mol. The zero-order valence-corrected chi connectivity index (χ0v) is 9.42. The van der Waals surface area contributed by atoms with Gasteiger partial charge in [-0.05, 0) is 32.3 Å². The minimum absolute atomic E-state index is 0.0370. The Balaban J connectivity index is 2.98. The lowest BCUT2D eigenvalue weighted by Gasteiger charge is -2.21. The van der Waals surface area contributed by atoms with E-state index in [0.29, 0.717) is 9.90 Å². The fourth-order valence-electron chi connectivity index (χ4n) is 0.853. The molecule has 0 amide bonds. The first-order valence-corrected chi connectivity index (χ1v) is 5.21. The molecular formula is C9H12ClNOS. The molecule has 1 N–H and O–H groups in total. The Morgan fingerprint density at radius 1 is 1.62 bits per heavy atom. The SMILES string of the molecule is CNC(C)(C)C(=O)c1sccc1Cl. The first-order chi connectivity index (χ1) is 5.99. The Bertz CT molecular complexity index is 319. The van der Waals surface area contributed by atoms with Gasteiger partial charge in [0.25, 0.3) is 0 Å². The van der Waals surface area contributed by atoms with Crippen molar-refractivity contribution in [1.29, 1.82) is 0 Å². The third-order valence-corrected chi connectivity index (χ3v) is 3.36. The van der Waals surface area contributed by atoms with Crippen LogP contribution in [0.5, 0.6) is 0 Å². The second-order valence-corrected chi connectivity index (χ2v) is 4.63. The summed E-state index contributed by atoms with van der Waals surface area (Å²) in [5.41, 5.74) is -0.547. The van der Waals surface area contributed by atoms with Crippen molar-refractivity contribution in [2.75, 3.05) is 7.05 Å². The normalized spacial score (nSPS) is 11.7. The molecule has 0 aliphatic carbocycles. The number of nitrogens with one attached hydrogen (secondary N) is 1. The number of ketones is 1. The molecular weight excluding hydrogens is 206 g/mol. The minimum Gasteiger partial charge on any atom is -0.308 e. The topological polar surface area (TPSA) is 29.1 Å². The van der Waals surface area contributed by atoms with E-state index in [1.165, 1.54) is 11.3 Å². The average molecular weight is 218 g/mol. The van der Waals surface area contributed by atoms with E-state index in [-0.39, 0.29) is 5.78 Å². The molecule has 1 rings (SSSR count). The molecule has 0 aliphatic heterocycles. The van der Waals surface area contributed by atoms with Gasteiger partial charge >= 0.3 is 0 Å². The number of thiophene rings is 1. The van der Waals surface area contributed by atoms with E-state index in [1.54, 1.807) is 13.1 Å². The molecule has 0 aromatic carbocycles. The highest BCUT2D eigenvalue weighted by atomic mass is 35.5.